The van der Waals surface area contributed by atoms with Crippen LogP contribution in [0.2, 0.25) is 0 Å². The minimum Gasteiger partial charge on any atom is -0.342 e. The van der Waals surface area contributed by atoms with Crippen molar-refractivity contribution < 1.29 is 18.4 Å². The number of fused-ring (bicyclic) bond motifs is 1. The molecule has 1 saturated heterocycles. The predicted octanol–water partition coefficient (Wildman–Crippen LogP) is 4.58. The summed E-state index contributed by atoms with van der Waals surface area (Å²) in [6.45, 7) is 3.86. The van der Waals surface area contributed by atoms with Gasteiger partial charge in [0.25, 0.3) is 0 Å². The molecule has 2 saturated carbocycles. The molecule has 4 aliphatic rings. The number of hydrogen-bond acceptors (Lipinski definition) is 4. The number of halogens is 2. The SMILES string of the molecule is CC1CCN(C(=O)[C@H]2CC[C@@H]2C2=Nc3c(cnn3C3CCC(F)(F)CC3)C(=O)C2)CC1. The Morgan fingerprint density at radius 3 is 2.45 bits per heavy atom. The van der Waals surface area contributed by atoms with Crippen LogP contribution in [0.25, 0.3) is 0 Å². The fraction of sp³-hybridized carbons (Fsp3) is 0.739. The molecule has 0 unspecified atom stereocenters. The minimum absolute atomic E-state index is 0.00277. The number of hydrogen-bond donors (Lipinski definition) is 0. The molecular weight excluding hydrogens is 402 g/mol. The third-order valence-corrected chi connectivity index (χ3v) is 7.81. The molecule has 0 spiro atoms. The second kappa shape index (κ2) is 7.78. The Kier molecular flexibility index (Phi) is 5.21. The second-order valence-corrected chi connectivity index (χ2v) is 9.91. The van der Waals surface area contributed by atoms with E-state index in [9.17, 15) is 18.4 Å². The number of likely N-dealkylation sites (tertiary alicyclic amines) is 1. The van der Waals surface area contributed by atoms with E-state index in [1.807, 2.05) is 4.90 Å². The fourth-order valence-corrected chi connectivity index (χ4v) is 5.51. The molecule has 2 atom stereocenters. The first-order chi connectivity index (χ1) is 14.8. The molecule has 1 amide bonds. The Hall–Kier alpha value is -2.12. The quantitative estimate of drug-likeness (QED) is 0.702. The van der Waals surface area contributed by atoms with Crippen molar-refractivity contribution in [3.8, 4) is 0 Å². The van der Waals surface area contributed by atoms with Crippen molar-refractivity contribution in [2.45, 2.75) is 76.7 Å². The lowest BCUT2D eigenvalue weighted by atomic mass is 9.68. The van der Waals surface area contributed by atoms with E-state index >= 15 is 0 Å². The predicted molar refractivity (Wildman–Crippen MR) is 112 cm³/mol. The van der Waals surface area contributed by atoms with Gasteiger partial charge in [0.2, 0.25) is 11.8 Å². The number of alkyl halides is 2. The van der Waals surface area contributed by atoms with Gasteiger partial charge in [-0.2, -0.15) is 5.10 Å². The number of rotatable bonds is 3. The number of piperidine rings is 1. The zero-order valence-electron chi connectivity index (χ0n) is 18.0. The average Bonchev–Trinajstić information content (AvgIpc) is 3.12. The normalized spacial score (nSPS) is 29.3. The van der Waals surface area contributed by atoms with E-state index < -0.39 is 5.92 Å². The molecule has 31 heavy (non-hydrogen) atoms. The van der Waals surface area contributed by atoms with Crippen LogP contribution in [0.1, 0.15) is 81.1 Å². The molecule has 0 bridgehead atoms. The molecule has 168 valence electrons. The van der Waals surface area contributed by atoms with Crippen LogP contribution in [0.3, 0.4) is 0 Å². The van der Waals surface area contributed by atoms with E-state index in [1.54, 1.807) is 4.68 Å². The van der Waals surface area contributed by atoms with Crippen molar-refractivity contribution in [3.63, 3.8) is 0 Å². The molecule has 0 aromatic carbocycles. The van der Waals surface area contributed by atoms with Gasteiger partial charge in [-0.25, -0.2) is 18.5 Å². The van der Waals surface area contributed by atoms with Crippen molar-refractivity contribution in [3.05, 3.63) is 11.8 Å². The van der Waals surface area contributed by atoms with Gasteiger partial charge in [0.15, 0.2) is 11.6 Å². The van der Waals surface area contributed by atoms with Crippen molar-refractivity contribution >= 4 is 23.2 Å². The third-order valence-electron chi connectivity index (χ3n) is 7.81. The molecular formula is C23H30F2N4O2. The van der Waals surface area contributed by atoms with Gasteiger partial charge in [0.05, 0.1) is 24.2 Å². The molecule has 3 heterocycles. The van der Waals surface area contributed by atoms with Gasteiger partial charge in [-0.15, -0.1) is 0 Å². The molecule has 3 fully saturated rings. The van der Waals surface area contributed by atoms with Crippen LogP contribution in [0.15, 0.2) is 11.2 Å². The number of aromatic nitrogens is 2. The Morgan fingerprint density at radius 2 is 1.81 bits per heavy atom. The number of carbonyl (C=O) groups excluding carboxylic acids is 2. The summed E-state index contributed by atoms with van der Waals surface area (Å²) < 4.78 is 28.9. The lowest BCUT2D eigenvalue weighted by molar-refractivity contribution is -0.141. The summed E-state index contributed by atoms with van der Waals surface area (Å²) in [5.74, 6) is -1.36. The molecule has 2 aliphatic carbocycles. The van der Waals surface area contributed by atoms with E-state index in [2.05, 4.69) is 12.0 Å². The number of carbonyl (C=O) groups is 2. The van der Waals surface area contributed by atoms with E-state index in [0.717, 1.165) is 44.5 Å². The molecule has 0 N–H and O–H groups in total. The summed E-state index contributed by atoms with van der Waals surface area (Å²) >= 11 is 0. The zero-order valence-corrected chi connectivity index (χ0v) is 18.0. The molecule has 6 nitrogen and oxygen atoms in total. The third kappa shape index (κ3) is 3.82. The van der Waals surface area contributed by atoms with Gasteiger partial charge in [-0.1, -0.05) is 6.92 Å². The molecule has 5 rings (SSSR count). The lowest BCUT2D eigenvalue weighted by Gasteiger charge is -2.41. The van der Waals surface area contributed by atoms with Crippen LogP contribution in [0, 0.1) is 17.8 Å². The monoisotopic (exact) mass is 432 g/mol. The summed E-state index contributed by atoms with van der Waals surface area (Å²) in [4.78, 5) is 32.7. The van der Waals surface area contributed by atoms with Crippen molar-refractivity contribution in [1.29, 1.82) is 0 Å². The fourth-order valence-electron chi connectivity index (χ4n) is 5.51. The Labute approximate surface area is 181 Å². The highest BCUT2D eigenvalue weighted by molar-refractivity contribution is 6.16. The summed E-state index contributed by atoms with van der Waals surface area (Å²) in [7, 11) is 0. The standard InChI is InChI=1S/C23H30F2N4O2/c1-14-6-10-28(11-7-14)22(31)17-3-2-16(17)19-12-20(30)18-13-26-29(21(18)27-19)15-4-8-23(24,25)9-5-15/h13-17H,2-12H2,1H3/t16-,17-/m0/s1. The summed E-state index contributed by atoms with van der Waals surface area (Å²) in [5.41, 5.74) is 1.25. The van der Waals surface area contributed by atoms with Crippen LogP contribution in [0.4, 0.5) is 14.6 Å². The van der Waals surface area contributed by atoms with E-state index in [0.29, 0.717) is 30.1 Å². The Bertz CT molecular complexity index is 907. The number of nitrogens with zero attached hydrogens (tertiary/aromatic N) is 4. The van der Waals surface area contributed by atoms with E-state index in [4.69, 9.17) is 4.99 Å². The first-order valence-corrected chi connectivity index (χ1v) is 11.7. The van der Waals surface area contributed by atoms with Gasteiger partial charge in [0.1, 0.15) is 0 Å². The first kappa shape index (κ1) is 20.8. The molecule has 0 radical (unpaired) electrons. The molecule has 2 aliphatic heterocycles. The van der Waals surface area contributed by atoms with Crippen LogP contribution in [-0.4, -0.2) is 51.1 Å². The van der Waals surface area contributed by atoms with E-state index in [1.165, 1.54) is 6.20 Å². The van der Waals surface area contributed by atoms with Gasteiger partial charge in [-0.3, -0.25) is 9.59 Å². The highest BCUT2D eigenvalue weighted by Crippen LogP contribution is 2.44. The largest absolute Gasteiger partial charge is 0.342 e. The van der Waals surface area contributed by atoms with E-state index in [-0.39, 0.29) is 48.8 Å². The maximum Gasteiger partial charge on any atom is 0.248 e. The smallest absolute Gasteiger partial charge is 0.248 e. The Balaban J connectivity index is 1.34. The van der Waals surface area contributed by atoms with Gasteiger partial charge < -0.3 is 4.90 Å². The molecule has 1 aromatic rings. The average molecular weight is 433 g/mol. The van der Waals surface area contributed by atoms with Crippen molar-refractivity contribution in [1.82, 2.24) is 14.7 Å². The molecule has 8 heteroatoms. The number of Topliss-reactive ketones (excluding diaryl/α,β-unsaturated/α-hetero) is 1. The van der Waals surface area contributed by atoms with Crippen LogP contribution in [-0.2, 0) is 4.79 Å². The maximum atomic E-state index is 13.6. The summed E-state index contributed by atoms with van der Waals surface area (Å²) in [5, 5.41) is 4.36. The molecule has 1 aromatic heterocycles. The first-order valence-electron chi connectivity index (χ1n) is 11.7. The van der Waals surface area contributed by atoms with Gasteiger partial charge in [-0.05, 0) is 44.4 Å². The van der Waals surface area contributed by atoms with Crippen LogP contribution >= 0.6 is 0 Å². The minimum atomic E-state index is -2.61. The van der Waals surface area contributed by atoms with Crippen LogP contribution < -0.4 is 0 Å². The van der Waals surface area contributed by atoms with Crippen molar-refractivity contribution in [2.75, 3.05) is 13.1 Å². The van der Waals surface area contributed by atoms with Gasteiger partial charge in [0, 0.05) is 43.5 Å². The number of ketones is 1. The lowest BCUT2D eigenvalue weighted by Crippen LogP contribution is -2.48. The number of aliphatic imine (C=N–C) groups is 1. The van der Waals surface area contributed by atoms with Crippen molar-refractivity contribution in [2.24, 2.45) is 22.7 Å². The summed E-state index contributed by atoms with van der Waals surface area (Å²) in [6.07, 6.45) is 5.90. The highest BCUT2D eigenvalue weighted by atomic mass is 19.3. The van der Waals surface area contributed by atoms with Crippen LogP contribution in [0.5, 0.6) is 0 Å². The highest BCUT2D eigenvalue weighted by Gasteiger charge is 2.44. The zero-order chi connectivity index (χ0) is 21.8. The maximum absolute atomic E-state index is 13.6. The Morgan fingerprint density at radius 1 is 1.10 bits per heavy atom. The number of amides is 1. The second-order valence-electron chi connectivity index (χ2n) is 9.91. The summed E-state index contributed by atoms with van der Waals surface area (Å²) in [6, 6.07) is -0.159. The topological polar surface area (TPSA) is 67.6 Å². The van der Waals surface area contributed by atoms with Gasteiger partial charge >= 0.3 is 0 Å².